The minimum absolute atomic E-state index is 0.339. The van der Waals surface area contributed by atoms with Gasteiger partial charge in [0.15, 0.2) is 0 Å². The van der Waals surface area contributed by atoms with Gasteiger partial charge in [-0.15, -0.1) is 0 Å². The highest BCUT2D eigenvalue weighted by Gasteiger charge is 2.24. The number of amides is 2. The summed E-state index contributed by atoms with van der Waals surface area (Å²) >= 11 is 7.10. The van der Waals surface area contributed by atoms with Crippen LogP contribution in [0.25, 0.3) is 17.2 Å². The number of hydrogen-bond acceptors (Lipinski definition) is 3. The molecule has 104 valence electrons. The monoisotopic (exact) mass is 315 g/mol. The Morgan fingerprint density at radius 1 is 1.05 bits per heavy atom. The van der Waals surface area contributed by atoms with Crippen molar-refractivity contribution in [2.75, 3.05) is 0 Å². The van der Waals surface area contributed by atoms with Crippen molar-refractivity contribution < 1.29 is 9.59 Å². The molecule has 3 nitrogen and oxygen atoms in total. The molecular formula is C16H10ClNO2S. The van der Waals surface area contributed by atoms with Crippen LogP contribution in [0.4, 0.5) is 4.79 Å². The van der Waals surface area contributed by atoms with Crippen LogP contribution in [0.2, 0.25) is 5.02 Å². The molecule has 1 aliphatic rings. The lowest BCUT2D eigenvalue weighted by Gasteiger charge is -2.05. The summed E-state index contributed by atoms with van der Waals surface area (Å²) < 4.78 is 0. The van der Waals surface area contributed by atoms with Crippen LogP contribution in [-0.2, 0) is 4.79 Å². The first kappa shape index (κ1) is 13.9. The Balaban J connectivity index is 1.98. The summed E-state index contributed by atoms with van der Waals surface area (Å²) in [5.41, 5.74) is 2.74. The fraction of sp³-hybridized carbons (Fsp3) is 0. The van der Waals surface area contributed by atoms with Crippen molar-refractivity contribution in [2.24, 2.45) is 0 Å². The minimum atomic E-state index is -0.354. The van der Waals surface area contributed by atoms with Crippen molar-refractivity contribution in [3.63, 3.8) is 0 Å². The fourth-order valence-electron chi connectivity index (χ4n) is 2.06. The van der Waals surface area contributed by atoms with E-state index in [9.17, 15) is 9.59 Å². The van der Waals surface area contributed by atoms with Gasteiger partial charge in [0.1, 0.15) is 0 Å². The van der Waals surface area contributed by atoms with Gasteiger partial charge in [-0.1, -0.05) is 48.0 Å². The van der Waals surface area contributed by atoms with Crippen LogP contribution in [0.1, 0.15) is 5.56 Å². The van der Waals surface area contributed by atoms with Crippen LogP contribution in [-0.4, -0.2) is 11.1 Å². The van der Waals surface area contributed by atoms with E-state index in [1.54, 1.807) is 6.08 Å². The number of halogens is 1. The first-order chi connectivity index (χ1) is 10.1. The molecule has 1 aliphatic heterocycles. The Kier molecular flexibility index (Phi) is 3.82. The second-order valence-electron chi connectivity index (χ2n) is 4.46. The number of benzene rings is 2. The van der Waals surface area contributed by atoms with Crippen LogP contribution in [0.3, 0.4) is 0 Å². The second kappa shape index (κ2) is 5.76. The molecule has 0 saturated carbocycles. The van der Waals surface area contributed by atoms with Crippen molar-refractivity contribution in [1.29, 1.82) is 0 Å². The van der Waals surface area contributed by atoms with Crippen LogP contribution in [0, 0.1) is 0 Å². The van der Waals surface area contributed by atoms with E-state index in [-0.39, 0.29) is 11.1 Å². The third kappa shape index (κ3) is 3.01. The molecule has 1 N–H and O–H groups in total. The quantitative estimate of drug-likeness (QED) is 0.839. The standard InChI is InChI=1S/C16H10ClNO2S/c17-13-7-2-1-6-12(13)11-5-3-4-10(8-11)9-14-15(19)18-16(20)21-14/h1-9H,(H,18,19,20). The molecule has 1 heterocycles. The number of rotatable bonds is 2. The Morgan fingerprint density at radius 2 is 1.86 bits per heavy atom. The Morgan fingerprint density at radius 3 is 2.57 bits per heavy atom. The van der Waals surface area contributed by atoms with E-state index in [4.69, 9.17) is 11.6 Å². The van der Waals surface area contributed by atoms with Gasteiger partial charge in [-0.3, -0.25) is 14.9 Å². The molecule has 2 aromatic rings. The number of nitrogens with one attached hydrogen (secondary N) is 1. The highest BCUT2D eigenvalue weighted by atomic mass is 35.5. The zero-order valence-electron chi connectivity index (χ0n) is 10.8. The van der Waals surface area contributed by atoms with Gasteiger partial charge in [0.25, 0.3) is 11.1 Å². The normalized spacial score (nSPS) is 16.3. The molecule has 0 aliphatic carbocycles. The Hall–Kier alpha value is -2.04. The van der Waals surface area contributed by atoms with E-state index < -0.39 is 0 Å². The van der Waals surface area contributed by atoms with Gasteiger partial charge < -0.3 is 0 Å². The number of imide groups is 1. The van der Waals surface area contributed by atoms with Crippen LogP contribution in [0.15, 0.2) is 53.4 Å². The molecule has 0 atom stereocenters. The number of carbonyl (C=O) groups excluding carboxylic acids is 2. The maximum Gasteiger partial charge on any atom is 0.290 e. The zero-order valence-corrected chi connectivity index (χ0v) is 12.4. The van der Waals surface area contributed by atoms with Gasteiger partial charge in [0, 0.05) is 10.6 Å². The lowest BCUT2D eigenvalue weighted by atomic mass is 10.0. The summed E-state index contributed by atoms with van der Waals surface area (Å²) in [5.74, 6) is -0.354. The predicted octanol–water partition coefficient (Wildman–Crippen LogP) is 4.33. The number of thioether (sulfide) groups is 1. The lowest BCUT2D eigenvalue weighted by Crippen LogP contribution is -2.17. The molecule has 2 aromatic carbocycles. The third-order valence-electron chi connectivity index (χ3n) is 3.01. The van der Waals surface area contributed by atoms with E-state index in [1.165, 1.54) is 0 Å². The highest BCUT2D eigenvalue weighted by Crippen LogP contribution is 2.30. The van der Waals surface area contributed by atoms with E-state index in [0.717, 1.165) is 28.5 Å². The minimum Gasteiger partial charge on any atom is -0.282 e. The summed E-state index contributed by atoms with van der Waals surface area (Å²) in [5, 5.41) is 2.57. The molecule has 21 heavy (non-hydrogen) atoms. The summed E-state index contributed by atoms with van der Waals surface area (Å²) in [7, 11) is 0. The molecule has 0 bridgehead atoms. The molecule has 1 fully saturated rings. The van der Waals surface area contributed by atoms with Gasteiger partial charge in [-0.25, -0.2) is 0 Å². The van der Waals surface area contributed by atoms with E-state index in [0.29, 0.717) is 9.93 Å². The first-order valence-corrected chi connectivity index (χ1v) is 7.43. The van der Waals surface area contributed by atoms with Crippen molar-refractivity contribution in [3.05, 3.63) is 64.0 Å². The van der Waals surface area contributed by atoms with Gasteiger partial charge in [0.05, 0.1) is 4.91 Å². The average molecular weight is 316 g/mol. The maximum atomic E-state index is 11.6. The maximum absolute atomic E-state index is 11.6. The van der Waals surface area contributed by atoms with Crippen LogP contribution >= 0.6 is 23.4 Å². The van der Waals surface area contributed by atoms with E-state index in [2.05, 4.69) is 5.32 Å². The molecular weight excluding hydrogens is 306 g/mol. The third-order valence-corrected chi connectivity index (χ3v) is 4.15. The lowest BCUT2D eigenvalue weighted by molar-refractivity contribution is -0.115. The van der Waals surface area contributed by atoms with Gasteiger partial charge in [-0.2, -0.15) is 0 Å². The van der Waals surface area contributed by atoms with Gasteiger partial charge in [0.2, 0.25) is 0 Å². The molecule has 1 saturated heterocycles. The predicted molar refractivity (Wildman–Crippen MR) is 86.0 cm³/mol. The molecule has 2 amide bonds. The topological polar surface area (TPSA) is 46.2 Å². The van der Waals surface area contributed by atoms with Crippen molar-refractivity contribution in [1.82, 2.24) is 5.32 Å². The number of carbonyl (C=O) groups is 2. The molecule has 5 heteroatoms. The summed E-state index contributed by atoms with van der Waals surface area (Å²) in [4.78, 5) is 23.1. The molecule has 0 radical (unpaired) electrons. The average Bonchev–Trinajstić information content (AvgIpc) is 2.78. The van der Waals surface area contributed by atoms with Crippen molar-refractivity contribution >= 4 is 40.6 Å². The zero-order chi connectivity index (χ0) is 14.8. The van der Waals surface area contributed by atoms with Crippen molar-refractivity contribution in [3.8, 4) is 11.1 Å². The highest BCUT2D eigenvalue weighted by molar-refractivity contribution is 8.18. The van der Waals surface area contributed by atoms with Crippen molar-refractivity contribution in [2.45, 2.75) is 0 Å². The van der Waals surface area contributed by atoms with E-state index in [1.807, 2.05) is 48.5 Å². The SMILES string of the molecule is O=C1NC(=O)C(=Cc2cccc(-c3ccccc3Cl)c2)S1. The summed E-state index contributed by atoms with van der Waals surface area (Å²) in [6.07, 6.45) is 1.70. The summed E-state index contributed by atoms with van der Waals surface area (Å²) in [6, 6.07) is 15.2. The molecule has 3 rings (SSSR count). The number of hydrogen-bond donors (Lipinski definition) is 1. The fourth-order valence-corrected chi connectivity index (χ4v) is 2.99. The first-order valence-electron chi connectivity index (χ1n) is 6.23. The molecule has 0 aromatic heterocycles. The van der Waals surface area contributed by atoms with Gasteiger partial charge >= 0.3 is 0 Å². The van der Waals surface area contributed by atoms with E-state index >= 15 is 0 Å². The van der Waals surface area contributed by atoms with Crippen LogP contribution < -0.4 is 5.32 Å². The Labute approximate surface area is 131 Å². The molecule has 0 spiro atoms. The van der Waals surface area contributed by atoms with Crippen LogP contribution in [0.5, 0.6) is 0 Å². The largest absolute Gasteiger partial charge is 0.290 e. The summed E-state index contributed by atoms with van der Waals surface area (Å²) in [6.45, 7) is 0. The Bertz CT molecular complexity index is 770. The smallest absolute Gasteiger partial charge is 0.282 e. The second-order valence-corrected chi connectivity index (χ2v) is 5.88. The van der Waals surface area contributed by atoms with Gasteiger partial charge in [-0.05, 0) is 41.1 Å². The molecule has 0 unspecified atom stereocenters.